The number of methoxy groups -OCH3 is 1. The van der Waals surface area contributed by atoms with Gasteiger partial charge in [-0.1, -0.05) is 0 Å². The van der Waals surface area contributed by atoms with Crippen LogP contribution in [0.25, 0.3) is 0 Å². The van der Waals surface area contributed by atoms with E-state index in [-0.39, 0.29) is 12.2 Å². The van der Waals surface area contributed by atoms with Gasteiger partial charge in [-0.2, -0.15) is 0 Å². The van der Waals surface area contributed by atoms with E-state index in [1.165, 1.54) is 19.2 Å². The Morgan fingerprint density at radius 1 is 1.33 bits per heavy atom. The number of benzene rings is 1. The van der Waals surface area contributed by atoms with Gasteiger partial charge < -0.3 is 10.1 Å². The van der Waals surface area contributed by atoms with Crippen molar-refractivity contribution in [2.24, 2.45) is 0 Å². The van der Waals surface area contributed by atoms with E-state index >= 15 is 0 Å². The third kappa shape index (κ3) is 5.96. The zero-order valence-corrected chi connectivity index (χ0v) is 13.2. The molecule has 0 amide bonds. The molecule has 9 heteroatoms. The second-order valence-corrected chi connectivity index (χ2v) is 7.04. The fraction of sp³-hybridized carbons (Fsp3) is 0.500. The molecule has 0 fully saturated rings. The van der Waals surface area contributed by atoms with E-state index in [2.05, 4.69) is 10.0 Å². The maximum atomic E-state index is 11.3. The van der Waals surface area contributed by atoms with Gasteiger partial charge in [-0.25, -0.2) is 13.1 Å². The summed E-state index contributed by atoms with van der Waals surface area (Å²) in [6.45, 7) is 3.66. The first-order chi connectivity index (χ1) is 9.52. The number of ether oxygens (including phenoxy) is 1. The second-order valence-electron chi connectivity index (χ2n) is 5.29. The van der Waals surface area contributed by atoms with Crippen LogP contribution < -0.4 is 14.8 Å². The molecule has 0 atom stereocenters. The van der Waals surface area contributed by atoms with Crippen molar-refractivity contribution in [1.29, 1.82) is 0 Å². The predicted molar refractivity (Wildman–Crippen MR) is 80.2 cm³/mol. The number of non-ortho nitro benzene ring substituents is 1. The fourth-order valence-corrected chi connectivity index (χ4v) is 2.85. The first-order valence-electron chi connectivity index (χ1n) is 6.09. The van der Waals surface area contributed by atoms with Gasteiger partial charge >= 0.3 is 0 Å². The van der Waals surface area contributed by atoms with E-state index in [1.807, 2.05) is 0 Å². The van der Waals surface area contributed by atoms with Crippen LogP contribution in [-0.2, 0) is 10.0 Å². The molecule has 0 spiro atoms. The monoisotopic (exact) mass is 317 g/mol. The summed E-state index contributed by atoms with van der Waals surface area (Å²) in [5, 5.41) is 13.8. The van der Waals surface area contributed by atoms with Gasteiger partial charge in [0.1, 0.15) is 5.75 Å². The number of nitro benzene ring substituents is 1. The summed E-state index contributed by atoms with van der Waals surface area (Å²) in [5.74, 6) is 0.348. The summed E-state index contributed by atoms with van der Waals surface area (Å²) in [6.07, 6.45) is 1.07. The van der Waals surface area contributed by atoms with Gasteiger partial charge in [-0.15, -0.1) is 0 Å². The molecule has 0 aliphatic rings. The Kier molecular flexibility index (Phi) is 5.13. The average molecular weight is 317 g/mol. The molecule has 1 aromatic carbocycles. The molecule has 2 N–H and O–H groups in total. The number of anilines is 1. The molecule has 1 rings (SSSR count). The molecule has 0 radical (unpaired) electrons. The lowest BCUT2D eigenvalue weighted by Crippen LogP contribution is -2.47. The Labute approximate surface area is 123 Å². The molecule has 21 heavy (non-hydrogen) atoms. The number of hydrogen-bond donors (Lipinski definition) is 2. The molecule has 1 aromatic rings. The molecule has 0 aliphatic heterocycles. The largest absolute Gasteiger partial charge is 0.496 e. The summed E-state index contributed by atoms with van der Waals surface area (Å²) in [7, 11) is -1.93. The van der Waals surface area contributed by atoms with E-state index in [4.69, 9.17) is 4.74 Å². The normalized spacial score (nSPS) is 12.0. The molecule has 0 saturated heterocycles. The lowest BCUT2D eigenvalue weighted by Gasteiger charge is -2.25. The molecule has 0 aromatic heterocycles. The third-order valence-corrected chi connectivity index (χ3v) is 3.46. The quantitative estimate of drug-likeness (QED) is 0.580. The molecule has 0 saturated carbocycles. The molecular weight excluding hydrogens is 298 g/mol. The van der Waals surface area contributed by atoms with Gasteiger partial charge in [0.15, 0.2) is 0 Å². The van der Waals surface area contributed by atoms with Gasteiger partial charge in [-0.05, 0) is 13.8 Å². The van der Waals surface area contributed by atoms with Crippen LogP contribution in [0.4, 0.5) is 11.4 Å². The molecule has 8 nitrogen and oxygen atoms in total. The maximum absolute atomic E-state index is 11.3. The summed E-state index contributed by atoms with van der Waals surface area (Å²) in [5.41, 5.74) is -0.374. The summed E-state index contributed by atoms with van der Waals surface area (Å²) < 4.78 is 30.0. The number of nitrogens with zero attached hydrogens (tertiary/aromatic N) is 1. The van der Waals surface area contributed by atoms with Gasteiger partial charge in [0, 0.05) is 29.9 Å². The van der Waals surface area contributed by atoms with Gasteiger partial charge in [0.05, 0.1) is 24.4 Å². The molecular formula is C12H19N3O5S. The van der Waals surface area contributed by atoms with Crippen LogP contribution in [0.5, 0.6) is 5.75 Å². The number of nitro groups is 1. The van der Waals surface area contributed by atoms with Crippen LogP contribution in [0.3, 0.4) is 0 Å². The number of sulfonamides is 1. The Balaban J connectivity index is 2.88. The highest BCUT2D eigenvalue weighted by atomic mass is 32.2. The lowest BCUT2D eigenvalue weighted by atomic mass is 10.1. The molecule has 0 bridgehead atoms. The van der Waals surface area contributed by atoms with Crippen LogP contribution in [0.2, 0.25) is 0 Å². The molecule has 118 valence electrons. The Bertz CT molecular complexity index is 628. The van der Waals surface area contributed by atoms with E-state index in [0.717, 1.165) is 6.26 Å². The highest BCUT2D eigenvalue weighted by molar-refractivity contribution is 7.88. The summed E-state index contributed by atoms with van der Waals surface area (Å²) in [4.78, 5) is 10.3. The minimum absolute atomic E-state index is 0.106. The molecule has 0 unspecified atom stereocenters. The first-order valence-corrected chi connectivity index (χ1v) is 7.98. The zero-order valence-electron chi connectivity index (χ0n) is 12.3. The first kappa shape index (κ1) is 17.2. The Morgan fingerprint density at radius 3 is 2.43 bits per heavy atom. The smallest absolute Gasteiger partial charge is 0.275 e. The van der Waals surface area contributed by atoms with E-state index in [1.54, 1.807) is 19.9 Å². The highest BCUT2D eigenvalue weighted by Crippen LogP contribution is 2.26. The van der Waals surface area contributed by atoms with Crippen molar-refractivity contribution < 1.29 is 18.1 Å². The van der Waals surface area contributed by atoms with Gasteiger partial charge in [0.2, 0.25) is 10.0 Å². The fourth-order valence-electron chi connectivity index (χ4n) is 1.77. The number of hydrogen-bond acceptors (Lipinski definition) is 6. The minimum Gasteiger partial charge on any atom is -0.496 e. The van der Waals surface area contributed by atoms with Crippen molar-refractivity contribution in [3.05, 3.63) is 28.3 Å². The van der Waals surface area contributed by atoms with E-state index in [9.17, 15) is 18.5 Å². The summed E-state index contributed by atoms with van der Waals surface area (Å²) >= 11 is 0. The maximum Gasteiger partial charge on any atom is 0.275 e. The van der Waals surface area contributed by atoms with E-state index < -0.39 is 20.5 Å². The Morgan fingerprint density at radius 2 is 1.95 bits per heavy atom. The van der Waals surface area contributed by atoms with Crippen LogP contribution in [0, 0.1) is 10.1 Å². The predicted octanol–water partition coefficient (Wildman–Crippen LogP) is 1.34. The van der Waals surface area contributed by atoms with Crippen molar-refractivity contribution in [1.82, 2.24) is 4.72 Å². The van der Waals surface area contributed by atoms with Gasteiger partial charge in [-0.3, -0.25) is 10.1 Å². The number of rotatable bonds is 7. The van der Waals surface area contributed by atoms with Crippen molar-refractivity contribution in [2.45, 2.75) is 19.4 Å². The SMILES string of the molecule is COc1cc(NCC(C)(C)NS(C)(=O)=O)cc([N+](=O)[O-])c1. The highest BCUT2D eigenvalue weighted by Gasteiger charge is 2.22. The van der Waals surface area contributed by atoms with Crippen LogP contribution in [0.1, 0.15) is 13.8 Å². The third-order valence-electron chi connectivity index (χ3n) is 2.53. The lowest BCUT2D eigenvalue weighted by molar-refractivity contribution is -0.384. The van der Waals surface area contributed by atoms with Gasteiger partial charge in [0.25, 0.3) is 5.69 Å². The zero-order chi connectivity index (χ0) is 16.3. The van der Waals surface area contributed by atoms with E-state index in [0.29, 0.717) is 11.4 Å². The van der Waals surface area contributed by atoms with Crippen molar-refractivity contribution in [3.8, 4) is 5.75 Å². The van der Waals surface area contributed by atoms with Crippen molar-refractivity contribution in [3.63, 3.8) is 0 Å². The molecule has 0 aliphatic carbocycles. The van der Waals surface area contributed by atoms with Crippen LogP contribution >= 0.6 is 0 Å². The second kappa shape index (κ2) is 6.27. The molecule has 0 heterocycles. The van der Waals surface area contributed by atoms with Crippen LogP contribution in [-0.4, -0.2) is 38.8 Å². The van der Waals surface area contributed by atoms with Crippen molar-refractivity contribution in [2.75, 3.05) is 25.2 Å². The Hall–Kier alpha value is -1.87. The van der Waals surface area contributed by atoms with Crippen molar-refractivity contribution >= 4 is 21.4 Å². The topological polar surface area (TPSA) is 111 Å². The number of nitrogens with one attached hydrogen (secondary N) is 2. The standard InChI is InChI=1S/C12H19N3O5S/c1-12(2,14-21(4,18)19)8-13-9-5-10(15(16)17)7-11(6-9)20-3/h5-7,13-14H,8H2,1-4H3. The van der Waals surface area contributed by atoms with Crippen LogP contribution in [0.15, 0.2) is 18.2 Å². The average Bonchev–Trinajstić information content (AvgIpc) is 2.33. The summed E-state index contributed by atoms with van der Waals surface area (Å²) in [6, 6.07) is 4.27. The minimum atomic E-state index is -3.34.